The van der Waals surface area contributed by atoms with Crippen LogP contribution in [-0.2, 0) is 20.6 Å². The van der Waals surface area contributed by atoms with Crippen molar-refractivity contribution in [1.82, 2.24) is 18.7 Å². The fraction of sp³-hybridized carbons (Fsp3) is 0.182. The van der Waals surface area contributed by atoms with Crippen LogP contribution in [0.5, 0.6) is 0 Å². The van der Waals surface area contributed by atoms with Crippen molar-refractivity contribution < 1.29 is 0 Å². The van der Waals surface area contributed by atoms with Crippen molar-refractivity contribution in [2.75, 3.05) is 5.43 Å². The molecule has 0 fully saturated rings. The first-order valence-corrected chi connectivity index (χ1v) is 9.99. The van der Waals surface area contributed by atoms with Crippen LogP contribution in [-0.4, -0.2) is 24.9 Å². The average molecular weight is 437 g/mol. The van der Waals surface area contributed by atoms with E-state index in [4.69, 9.17) is 11.6 Å². The highest BCUT2D eigenvalue weighted by Gasteiger charge is 2.19. The molecule has 0 atom stereocenters. The van der Waals surface area contributed by atoms with E-state index < -0.39 is 11.2 Å². The maximum atomic E-state index is 12.9. The second-order valence-corrected chi connectivity index (χ2v) is 7.74. The van der Waals surface area contributed by atoms with Gasteiger partial charge in [0.15, 0.2) is 11.2 Å². The molecule has 0 saturated heterocycles. The third-order valence-electron chi connectivity index (χ3n) is 5.06. The van der Waals surface area contributed by atoms with Crippen LogP contribution in [0.25, 0.3) is 11.2 Å². The van der Waals surface area contributed by atoms with Gasteiger partial charge in [0.25, 0.3) is 5.56 Å². The highest BCUT2D eigenvalue weighted by atomic mass is 35.5. The molecule has 4 rings (SSSR count). The number of benzene rings is 2. The number of nitrogens with one attached hydrogen (secondary N) is 1. The summed E-state index contributed by atoms with van der Waals surface area (Å²) >= 11 is 5.92. The predicted octanol–water partition coefficient (Wildman–Crippen LogP) is 2.89. The molecule has 0 bridgehead atoms. The van der Waals surface area contributed by atoms with E-state index in [2.05, 4.69) is 15.5 Å². The molecule has 0 aliphatic heterocycles. The Kier molecular flexibility index (Phi) is 5.48. The molecule has 0 aliphatic carbocycles. The van der Waals surface area contributed by atoms with E-state index in [1.165, 1.54) is 11.6 Å². The van der Waals surface area contributed by atoms with Crippen LogP contribution in [0.2, 0.25) is 5.02 Å². The van der Waals surface area contributed by atoms with Gasteiger partial charge >= 0.3 is 5.69 Å². The summed E-state index contributed by atoms with van der Waals surface area (Å²) in [6.45, 7) is 2.41. The van der Waals surface area contributed by atoms with Crippen molar-refractivity contribution in [3.8, 4) is 0 Å². The van der Waals surface area contributed by atoms with Gasteiger partial charge in [-0.05, 0) is 30.2 Å². The van der Waals surface area contributed by atoms with Crippen LogP contribution in [0.3, 0.4) is 0 Å². The molecular formula is C22H21ClN6O2. The number of imidazole rings is 1. The summed E-state index contributed by atoms with van der Waals surface area (Å²) in [5.74, 6) is 0.360. The van der Waals surface area contributed by atoms with Crippen LogP contribution in [0, 0.1) is 6.92 Å². The smallest absolute Gasteiger partial charge is 0.298 e. The first-order valence-electron chi connectivity index (χ1n) is 9.61. The minimum Gasteiger partial charge on any atom is -0.298 e. The van der Waals surface area contributed by atoms with Gasteiger partial charge < -0.3 is 0 Å². The summed E-state index contributed by atoms with van der Waals surface area (Å²) in [5, 5.41) is 4.90. The topological polar surface area (TPSA) is 86.2 Å². The summed E-state index contributed by atoms with van der Waals surface area (Å²) in [5.41, 5.74) is 5.68. The highest BCUT2D eigenvalue weighted by molar-refractivity contribution is 6.30. The van der Waals surface area contributed by atoms with Crippen LogP contribution in [0.1, 0.15) is 16.7 Å². The number of rotatable bonds is 5. The minimum absolute atomic E-state index is 0.296. The van der Waals surface area contributed by atoms with Crippen molar-refractivity contribution in [1.29, 1.82) is 0 Å². The SMILES string of the molecule is Cc1ccc(Cn2c(N/N=C/c3ccc(Cl)cc3)nc3c2c(=O)n(C)c(=O)n3C)cc1. The Hall–Kier alpha value is -3.65. The molecule has 9 heteroatoms. The Labute approximate surface area is 183 Å². The quantitative estimate of drug-likeness (QED) is 0.385. The molecule has 0 saturated carbocycles. The van der Waals surface area contributed by atoms with Gasteiger partial charge in [0.1, 0.15) is 0 Å². The van der Waals surface area contributed by atoms with Gasteiger partial charge in [0.05, 0.1) is 12.8 Å². The van der Waals surface area contributed by atoms with Crippen molar-refractivity contribution in [2.24, 2.45) is 19.2 Å². The predicted molar refractivity (Wildman–Crippen MR) is 123 cm³/mol. The van der Waals surface area contributed by atoms with Crippen LogP contribution in [0.15, 0.2) is 63.2 Å². The van der Waals surface area contributed by atoms with Crippen molar-refractivity contribution in [2.45, 2.75) is 13.5 Å². The maximum absolute atomic E-state index is 12.9. The van der Waals surface area contributed by atoms with Gasteiger partial charge in [-0.25, -0.2) is 10.2 Å². The molecule has 2 heterocycles. The van der Waals surface area contributed by atoms with Gasteiger partial charge in [0, 0.05) is 19.1 Å². The molecule has 4 aromatic rings. The van der Waals surface area contributed by atoms with Crippen LogP contribution >= 0.6 is 11.6 Å². The van der Waals surface area contributed by atoms with E-state index in [0.29, 0.717) is 28.7 Å². The third kappa shape index (κ3) is 4.02. The Balaban J connectivity index is 1.80. The first-order chi connectivity index (χ1) is 14.8. The molecule has 0 spiro atoms. The standard InChI is InChI=1S/C22H21ClN6O2/c1-14-4-6-16(7-5-14)13-29-18-19(27(2)22(31)28(3)20(18)30)25-21(29)26-24-12-15-8-10-17(23)11-9-15/h4-12H,13H2,1-3H3,(H,25,26)/b24-12+. The lowest BCUT2D eigenvalue weighted by Crippen LogP contribution is -2.37. The Bertz CT molecular complexity index is 1400. The van der Waals surface area contributed by atoms with Crippen molar-refractivity contribution in [3.05, 3.63) is 91.1 Å². The number of hydrogen-bond donors (Lipinski definition) is 1. The number of hydrogen-bond acceptors (Lipinski definition) is 5. The molecule has 0 amide bonds. The summed E-state index contributed by atoms with van der Waals surface area (Å²) in [6, 6.07) is 15.2. The van der Waals surface area contributed by atoms with Crippen molar-refractivity contribution in [3.63, 3.8) is 0 Å². The molecular weight excluding hydrogens is 416 g/mol. The van der Waals surface area contributed by atoms with E-state index in [9.17, 15) is 9.59 Å². The van der Waals surface area contributed by atoms with Crippen LogP contribution < -0.4 is 16.7 Å². The molecule has 2 aromatic carbocycles. The van der Waals surface area contributed by atoms with E-state index in [0.717, 1.165) is 21.3 Å². The maximum Gasteiger partial charge on any atom is 0.332 e. The molecule has 2 aromatic heterocycles. The Morgan fingerprint density at radius 1 is 1.03 bits per heavy atom. The number of hydrazone groups is 1. The van der Waals surface area contributed by atoms with Gasteiger partial charge in [-0.15, -0.1) is 0 Å². The summed E-state index contributed by atoms with van der Waals surface area (Å²) in [4.78, 5) is 29.8. The fourth-order valence-electron chi connectivity index (χ4n) is 3.28. The molecule has 0 aliphatic rings. The Morgan fingerprint density at radius 3 is 2.39 bits per heavy atom. The number of aryl methyl sites for hydroxylation is 2. The minimum atomic E-state index is -0.436. The van der Waals surface area contributed by atoms with E-state index in [1.807, 2.05) is 43.3 Å². The van der Waals surface area contributed by atoms with E-state index in [1.54, 1.807) is 30.0 Å². The van der Waals surface area contributed by atoms with E-state index in [-0.39, 0.29) is 0 Å². The van der Waals surface area contributed by atoms with Gasteiger partial charge in [0.2, 0.25) is 5.95 Å². The van der Waals surface area contributed by atoms with Gasteiger partial charge in [-0.3, -0.25) is 18.5 Å². The normalized spacial score (nSPS) is 11.5. The zero-order valence-corrected chi connectivity index (χ0v) is 18.1. The average Bonchev–Trinajstić information content (AvgIpc) is 3.12. The largest absolute Gasteiger partial charge is 0.332 e. The lowest BCUT2D eigenvalue weighted by molar-refractivity contribution is 0.702. The fourth-order valence-corrected chi connectivity index (χ4v) is 3.40. The Morgan fingerprint density at radius 2 is 1.71 bits per heavy atom. The summed E-state index contributed by atoms with van der Waals surface area (Å²) in [7, 11) is 3.05. The molecule has 8 nitrogen and oxygen atoms in total. The number of fused-ring (bicyclic) bond motifs is 1. The number of nitrogens with zero attached hydrogens (tertiary/aromatic N) is 5. The summed E-state index contributed by atoms with van der Waals surface area (Å²) < 4.78 is 4.17. The van der Waals surface area contributed by atoms with Gasteiger partial charge in [-0.2, -0.15) is 10.1 Å². The van der Waals surface area contributed by atoms with Crippen LogP contribution in [0.4, 0.5) is 5.95 Å². The summed E-state index contributed by atoms with van der Waals surface area (Å²) in [6.07, 6.45) is 1.63. The molecule has 31 heavy (non-hydrogen) atoms. The lowest BCUT2D eigenvalue weighted by atomic mass is 10.1. The molecule has 0 unspecified atom stereocenters. The lowest BCUT2D eigenvalue weighted by Gasteiger charge is -2.09. The monoisotopic (exact) mass is 436 g/mol. The van der Waals surface area contributed by atoms with Crippen molar-refractivity contribution >= 4 is 34.9 Å². The number of aromatic nitrogens is 4. The zero-order chi connectivity index (χ0) is 22.1. The zero-order valence-electron chi connectivity index (χ0n) is 17.3. The second kappa shape index (κ2) is 8.23. The number of anilines is 1. The van der Waals surface area contributed by atoms with Gasteiger partial charge in [-0.1, -0.05) is 53.6 Å². The molecule has 158 valence electrons. The molecule has 0 radical (unpaired) electrons. The first kappa shape index (κ1) is 20.6. The highest BCUT2D eigenvalue weighted by Crippen LogP contribution is 2.18. The number of halogens is 1. The van der Waals surface area contributed by atoms with E-state index >= 15 is 0 Å². The third-order valence-corrected chi connectivity index (χ3v) is 5.31. The second-order valence-electron chi connectivity index (χ2n) is 7.31. The molecule has 1 N–H and O–H groups in total.